The van der Waals surface area contributed by atoms with Crippen molar-refractivity contribution in [2.45, 2.75) is 39.5 Å². The number of anilines is 2. The lowest BCUT2D eigenvalue weighted by Gasteiger charge is -2.25. The first-order valence-electron chi connectivity index (χ1n) is 8.27. The smallest absolute Gasteiger partial charge is 0.137 e. The van der Waals surface area contributed by atoms with Crippen LogP contribution in [0.15, 0.2) is 6.33 Å². The van der Waals surface area contributed by atoms with E-state index in [2.05, 4.69) is 46.0 Å². The van der Waals surface area contributed by atoms with Crippen molar-refractivity contribution in [2.24, 2.45) is 0 Å². The van der Waals surface area contributed by atoms with Crippen molar-refractivity contribution in [3.8, 4) is 0 Å². The average Bonchev–Trinajstić information content (AvgIpc) is 2.71. The van der Waals surface area contributed by atoms with Crippen molar-refractivity contribution in [1.29, 1.82) is 0 Å². The summed E-state index contributed by atoms with van der Waals surface area (Å²) in [6.45, 7) is 9.79. The lowest BCUT2D eigenvalue weighted by atomic mass is 10.1. The number of aromatic nitrogens is 2. The molecule has 2 rings (SSSR count). The fraction of sp³-hybridized carbons (Fsp3) is 0.750. The molecule has 0 bridgehead atoms. The molecule has 5 nitrogen and oxygen atoms in total. The molecule has 1 aliphatic rings. The van der Waals surface area contributed by atoms with Gasteiger partial charge in [0.15, 0.2) is 0 Å². The Balaban J connectivity index is 2.23. The molecule has 118 valence electrons. The zero-order chi connectivity index (χ0) is 15.1. The van der Waals surface area contributed by atoms with Crippen molar-refractivity contribution in [3.63, 3.8) is 0 Å². The van der Waals surface area contributed by atoms with E-state index in [1.807, 2.05) is 0 Å². The maximum absolute atomic E-state index is 4.61. The van der Waals surface area contributed by atoms with E-state index in [1.54, 1.807) is 6.33 Å². The highest BCUT2D eigenvalue weighted by molar-refractivity contribution is 5.59. The standard InChI is InChI=1S/C16H29N5/c1-4-7-14-15(17-8-5-2)18-13-19-16(14)21-10-6-9-20(3)11-12-21/h13H,4-12H2,1-3H3,(H,17,18,19). The Morgan fingerprint density at radius 3 is 2.71 bits per heavy atom. The van der Waals surface area contributed by atoms with E-state index in [4.69, 9.17) is 0 Å². The summed E-state index contributed by atoms with van der Waals surface area (Å²) in [4.78, 5) is 13.9. The van der Waals surface area contributed by atoms with Gasteiger partial charge < -0.3 is 15.1 Å². The lowest BCUT2D eigenvalue weighted by Crippen LogP contribution is -2.30. The van der Waals surface area contributed by atoms with Crippen LogP contribution in [0, 0.1) is 0 Å². The summed E-state index contributed by atoms with van der Waals surface area (Å²) in [5.41, 5.74) is 1.29. The van der Waals surface area contributed by atoms with Crippen LogP contribution in [0.4, 0.5) is 11.6 Å². The van der Waals surface area contributed by atoms with Gasteiger partial charge in [0, 0.05) is 31.7 Å². The highest BCUT2D eigenvalue weighted by atomic mass is 15.2. The number of nitrogens with one attached hydrogen (secondary N) is 1. The molecular formula is C16H29N5. The van der Waals surface area contributed by atoms with Crippen LogP contribution >= 0.6 is 0 Å². The first-order valence-corrected chi connectivity index (χ1v) is 8.27. The molecule has 1 fully saturated rings. The summed E-state index contributed by atoms with van der Waals surface area (Å²) in [5.74, 6) is 2.17. The van der Waals surface area contributed by atoms with Crippen LogP contribution in [0.1, 0.15) is 38.7 Å². The Hall–Kier alpha value is -1.36. The van der Waals surface area contributed by atoms with Crippen LogP contribution in [-0.2, 0) is 6.42 Å². The van der Waals surface area contributed by atoms with Crippen LogP contribution in [0.25, 0.3) is 0 Å². The normalized spacial score (nSPS) is 16.8. The zero-order valence-corrected chi connectivity index (χ0v) is 13.7. The molecule has 5 heteroatoms. The lowest BCUT2D eigenvalue weighted by molar-refractivity contribution is 0.360. The van der Waals surface area contributed by atoms with Gasteiger partial charge in [-0.05, 0) is 32.9 Å². The summed E-state index contributed by atoms with van der Waals surface area (Å²) in [7, 11) is 2.20. The molecule has 0 aliphatic carbocycles. The number of hydrogen-bond donors (Lipinski definition) is 1. The predicted octanol–water partition coefficient (Wildman–Crippen LogP) is 2.39. The first kappa shape index (κ1) is 16.0. The van der Waals surface area contributed by atoms with Crippen LogP contribution in [0.3, 0.4) is 0 Å². The third-order valence-corrected chi connectivity index (χ3v) is 3.98. The molecule has 1 saturated heterocycles. The molecule has 0 amide bonds. The highest BCUT2D eigenvalue weighted by Gasteiger charge is 2.19. The fourth-order valence-electron chi connectivity index (χ4n) is 2.81. The van der Waals surface area contributed by atoms with Crippen molar-refractivity contribution in [3.05, 3.63) is 11.9 Å². The highest BCUT2D eigenvalue weighted by Crippen LogP contribution is 2.25. The summed E-state index contributed by atoms with van der Waals surface area (Å²) in [6.07, 6.45) is 6.17. The molecule has 0 atom stereocenters. The molecule has 1 aromatic rings. The van der Waals surface area contributed by atoms with Gasteiger partial charge in [0.05, 0.1) is 0 Å². The predicted molar refractivity (Wildman–Crippen MR) is 89.1 cm³/mol. The zero-order valence-electron chi connectivity index (χ0n) is 13.7. The topological polar surface area (TPSA) is 44.3 Å². The van der Waals surface area contributed by atoms with Gasteiger partial charge in [-0.2, -0.15) is 0 Å². The van der Waals surface area contributed by atoms with Gasteiger partial charge in [0.25, 0.3) is 0 Å². The second-order valence-corrected chi connectivity index (χ2v) is 5.85. The quantitative estimate of drug-likeness (QED) is 0.872. The summed E-state index contributed by atoms with van der Waals surface area (Å²) in [6, 6.07) is 0. The second-order valence-electron chi connectivity index (χ2n) is 5.85. The molecule has 0 saturated carbocycles. The Labute approximate surface area is 128 Å². The largest absolute Gasteiger partial charge is 0.370 e. The number of rotatable bonds is 6. The minimum absolute atomic E-state index is 0.968. The van der Waals surface area contributed by atoms with Gasteiger partial charge >= 0.3 is 0 Å². The maximum atomic E-state index is 4.61. The number of hydrogen-bond acceptors (Lipinski definition) is 5. The monoisotopic (exact) mass is 291 g/mol. The Bertz CT molecular complexity index is 435. The van der Waals surface area contributed by atoms with Gasteiger partial charge in [-0.15, -0.1) is 0 Å². The van der Waals surface area contributed by atoms with Crippen molar-refractivity contribution in [1.82, 2.24) is 14.9 Å². The fourth-order valence-corrected chi connectivity index (χ4v) is 2.81. The molecular weight excluding hydrogens is 262 g/mol. The average molecular weight is 291 g/mol. The Kier molecular flexibility index (Phi) is 6.23. The summed E-state index contributed by atoms with van der Waals surface area (Å²) in [5, 5.41) is 3.46. The molecule has 1 aliphatic heterocycles. The minimum atomic E-state index is 0.968. The third kappa shape index (κ3) is 4.30. The van der Waals surface area contributed by atoms with Crippen LogP contribution in [-0.4, -0.2) is 54.6 Å². The molecule has 21 heavy (non-hydrogen) atoms. The Morgan fingerprint density at radius 1 is 1.10 bits per heavy atom. The molecule has 1 N–H and O–H groups in total. The van der Waals surface area contributed by atoms with E-state index < -0.39 is 0 Å². The van der Waals surface area contributed by atoms with Crippen molar-refractivity contribution >= 4 is 11.6 Å². The van der Waals surface area contributed by atoms with E-state index >= 15 is 0 Å². The van der Waals surface area contributed by atoms with E-state index in [0.717, 1.165) is 57.1 Å². The van der Waals surface area contributed by atoms with Gasteiger partial charge in [0.2, 0.25) is 0 Å². The maximum Gasteiger partial charge on any atom is 0.137 e. The second kappa shape index (κ2) is 8.17. The van der Waals surface area contributed by atoms with E-state index in [9.17, 15) is 0 Å². The molecule has 0 spiro atoms. The molecule has 0 unspecified atom stereocenters. The van der Waals surface area contributed by atoms with Crippen molar-refractivity contribution in [2.75, 3.05) is 50.0 Å². The first-order chi connectivity index (χ1) is 10.3. The minimum Gasteiger partial charge on any atom is -0.370 e. The van der Waals surface area contributed by atoms with Crippen LogP contribution in [0.5, 0.6) is 0 Å². The number of likely N-dealkylation sites (N-methyl/N-ethyl adjacent to an activating group) is 1. The number of nitrogens with zero attached hydrogens (tertiary/aromatic N) is 4. The van der Waals surface area contributed by atoms with E-state index in [1.165, 1.54) is 18.5 Å². The van der Waals surface area contributed by atoms with Gasteiger partial charge in [-0.3, -0.25) is 0 Å². The molecule has 2 heterocycles. The van der Waals surface area contributed by atoms with Gasteiger partial charge in [0.1, 0.15) is 18.0 Å². The van der Waals surface area contributed by atoms with Crippen LogP contribution in [0.2, 0.25) is 0 Å². The van der Waals surface area contributed by atoms with Crippen LogP contribution < -0.4 is 10.2 Å². The Morgan fingerprint density at radius 2 is 1.95 bits per heavy atom. The van der Waals surface area contributed by atoms with Gasteiger partial charge in [-0.25, -0.2) is 9.97 Å². The molecule has 1 aromatic heterocycles. The summed E-state index contributed by atoms with van der Waals surface area (Å²) >= 11 is 0. The molecule has 0 aromatic carbocycles. The van der Waals surface area contributed by atoms with E-state index in [-0.39, 0.29) is 0 Å². The molecule has 0 radical (unpaired) electrons. The SMILES string of the molecule is CCCNc1ncnc(N2CCCN(C)CC2)c1CCC. The van der Waals surface area contributed by atoms with Crippen molar-refractivity contribution < 1.29 is 0 Å². The summed E-state index contributed by atoms with van der Waals surface area (Å²) < 4.78 is 0. The van der Waals surface area contributed by atoms with Gasteiger partial charge in [-0.1, -0.05) is 20.3 Å². The van der Waals surface area contributed by atoms with E-state index in [0.29, 0.717) is 0 Å². The third-order valence-electron chi connectivity index (χ3n) is 3.98.